The maximum Gasteiger partial charge on any atom is 0.255 e. The zero-order chi connectivity index (χ0) is 20.2. The number of amides is 3. The molecule has 0 spiro atoms. The van der Waals surface area contributed by atoms with Gasteiger partial charge in [0, 0.05) is 37.8 Å². The second-order valence-corrected chi connectivity index (χ2v) is 7.07. The van der Waals surface area contributed by atoms with E-state index < -0.39 is 11.9 Å². The number of aromatic nitrogens is 1. The minimum absolute atomic E-state index is 0.182. The number of imide groups is 1. The van der Waals surface area contributed by atoms with E-state index in [4.69, 9.17) is 4.74 Å². The van der Waals surface area contributed by atoms with Crippen LogP contribution in [0.5, 0.6) is 5.75 Å². The third-order valence-corrected chi connectivity index (χ3v) is 5.07. The third-order valence-electron chi connectivity index (χ3n) is 5.07. The molecule has 1 fully saturated rings. The van der Waals surface area contributed by atoms with Crippen LogP contribution in [0.4, 0.5) is 0 Å². The summed E-state index contributed by atoms with van der Waals surface area (Å²) >= 11 is 0. The van der Waals surface area contributed by atoms with Crippen LogP contribution >= 0.6 is 0 Å². The number of pyridine rings is 1. The van der Waals surface area contributed by atoms with Crippen molar-refractivity contribution in [1.82, 2.24) is 20.5 Å². The van der Waals surface area contributed by atoms with Gasteiger partial charge in [-0.2, -0.15) is 0 Å². The van der Waals surface area contributed by atoms with Gasteiger partial charge in [0.25, 0.3) is 5.91 Å². The number of fused-ring (bicyclic) bond motifs is 1. The topological polar surface area (TPSA) is 101 Å². The summed E-state index contributed by atoms with van der Waals surface area (Å²) in [6.07, 6.45) is 2.36. The molecule has 3 amide bonds. The number of rotatable bonds is 7. The van der Waals surface area contributed by atoms with Crippen LogP contribution in [0.1, 0.15) is 34.5 Å². The van der Waals surface area contributed by atoms with Crippen LogP contribution in [0.25, 0.3) is 0 Å². The van der Waals surface area contributed by atoms with E-state index in [1.54, 1.807) is 18.3 Å². The molecular formula is C21H22N4O4. The van der Waals surface area contributed by atoms with Gasteiger partial charge in [0.05, 0.1) is 5.69 Å². The molecule has 29 heavy (non-hydrogen) atoms. The fraction of sp³-hybridized carbons (Fsp3) is 0.333. The number of benzene rings is 1. The first-order valence-electron chi connectivity index (χ1n) is 9.63. The monoisotopic (exact) mass is 394 g/mol. The second kappa shape index (κ2) is 8.40. The number of carbonyl (C=O) groups is 3. The molecule has 1 aromatic heterocycles. The predicted molar refractivity (Wildman–Crippen MR) is 104 cm³/mol. The minimum Gasteiger partial charge on any atom is -0.492 e. The molecule has 0 aliphatic carbocycles. The Hall–Kier alpha value is -3.26. The van der Waals surface area contributed by atoms with Crippen molar-refractivity contribution in [3.8, 4) is 5.75 Å². The zero-order valence-corrected chi connectivity index (χ0v) is 15.9. The number of ether oxygens (including phenoxy) is 1. The molecule has 1 unspecified atom stereocenters. The van der Waals surface area contributed by atoms with Gasteiger partial charge in [-0.25, -0.2) is 0 Å². The summed E-state index contributed by atoms with van der Waals surface area (Å²) in [5.41, 5.74) is 2.38. The Morgan fingerprint density at radius 3 is 2.90 bits per heavy atom. The average molecular weight is 394 g/mol. The van der Waals surface area contributed by atoms with Crippen molar-refractivity contribution in [3.63, 3.8) is 0 Å². The fourth-order valence-electron chi connectivity index (χ4n) is 3.60. The van der Waals surface area contributed by atoms with Crippen LogP contribution in [0.15, 0.2) is 42.6 Å². The molecule has 8 nitrogen and oxygen atoms in total. The van der Waals surface area contributed by atoms with Crippen molar-refractivity contribution in [2.75, 3.05) is 13.2 Å². The van der Waals surface area contributed by atoms with Gasteiger partial charge in [-0.1, -0.05) is 6.07 Å². The second-order valence-electron chi connectivity index (χ2n) is 7.07. The Morgan fingerprint density at radius 2 is 2.10 bits per heavy atom. The van der Waals surface area contributed by atoms with Crippen molar-refractivity contribution in [2.45, 2.75) is 32.0 Å². The number of nitrogens with one attached hydrogen (secondary N) is 2. The maximum atomic E-state index is 12.7. The van der Waals surface area contributed by atoms with E-state index >= 15 is 0 Å². The molecule has 0 radical (unpaired) electrons. The largest absolute Gasteiger partial charge is 0.492 e. The van der Waals surface area contributed by atoms with Crippen molar-refractivity contribution in [3.05, 3.63) is 59.4 Å². The van der Waals surface area contributed by atoms with Crippen molar-refractivity contribution >= 4 is 17.7 Å². The average Bonchev–Trinajstić information content (AvgIpc) is 3.04. The maximum absolute atomic E-state index is 12.7. The van der Waals surface area contributed by atoms with Crippen molar-refractivity contribution in [2.24, 2.45) is 0 Å². The number of hydrogen-bond donors (Lipinski definition) is 2. The smallest absolute Gasteiger partial charge is 0.255 e. The van der Waals surface area contributed by atoms with Gasteiger partial charge in [0.1, 0.15) is 18.4 Å². The van der Waals surface area contributed by atoms with Crippen LogP contribution in [0.2, 0.25) is 0 Å². The summed E-state index contributed by atoms with van der Waals surface area (Å²) < 4.78 is 5.78. The van der Waals surface area contributed by atoms with Crippen LogP contribution in [-0.2, 0) is 22.7 Å². The highest BCUT2D eigenvalue weighted by molar-refractivity contribution is 6.05. The molecule has 2 aliphatic heterocycles. The van der Waals surface area contributed by atoms with E-state index in [0.717, 1.165) is 11.3 Å². The van der Waals surface area contributed by atoms with Crippen LogP contribution in [0, 0.1) is 0 Å². The van der Waals surface area contributed by atoms with Gasteiger partial charge >= 0.3 is 0 Å². The summed E-state index contributed by atoms with van der Waals surface area (Å²) in [6, 6.07) is 10.5. The van der Waals surface area contributed by atoms with E-state index in [1.807, 2.05) is 24.3 Å². The Morgan fingerprint density at radius 1 is 1.21 bits per heavy atom. The zero-order valence-electron chi connectivity index (χ0n) is 15.9. The minimum atomic E-state index is -0.604. The molecule has 1 atom stereocenters. The van der Waals surface area contributed by atoms with Gasteiger partial charge in [-0.3, -0.25) is 24.7 Å². The van der Waals surface area contributed by atoms with E-state index in [9.17, 15) is 14.4 Å². The molecule has 150 valence electrons. The summed E-state index contributed by atoms with van der Waals surface area (Å²) in [4.78, 5) is 41.9. The molecular weight excluding hydrogens is 372 g/mol. The lowest BCUT2D eigenvalue weighted by Gasteiger charge is -2.29. The summed E-state index contributed by atoms with van der Waals surface area (Å²) in [7, 11) is 0. The van der Waals surface area contributed by atoms with Crippen LogP contribution in [0.3, 0.4) is 0 Å². The first kappa shape index (κ1) is 19.1. The number of nitrogens with zero attached hydrogens (tertiary/aromatic N) is 2. The number of piperidine rings is 1. The number of hydrogen-bond acceptors (Lipinski definition) is 6. The van der Waals surface area contributed by atoms with Gasteiger partial charge in [-0.05, 0) is 42.3 Å². The normalized spacial score (nSPS) is 18.6. The van der Waals surface area contributed by atoms with E-state index in [2.05, 4.69) is 15.6 Å². The lowest BCUT2D eigenvalue weighted by Crippen LogP contribution is -2.52. The Kier molecular flexibility index (Phi) is 5.53. The van der Waals surface area contributed by atoms with Gasteiger partial charge in [-0.15, -0.1) is 0 Å². The molecule has 2 aromatic rings. The van der Waals surface area contributed by atoms with E-state index in [0.29, 0.717) is 44.0 Å². The lowest BCUT2D eigenvalue weighted by atomic mass is 10.0. The summed E-state index contributed by atoms with van der Waals surface area (Å²) in [6.45, 7) is 2.16. The molecule has 1 aromatic carbocycles. The predicted octanol–water partition coefficient (Wildman–Crippen LogP) is 1.01. The van der Waals surface area contributed by atoms with Crippen LogP contribution in [-0.4, -0.2) is 46.8 Å². The molecule has 2 N–H and O–H groups in total. The molecule has 3 heterocycles. The quantitative estimate of drug-likeness (QED) is 0.537. The van der Waals surface area contributed by atoms with E-state index in [1.165, 1.54) is 4.90 Å². The first-order chi connectivity index (χ1) is 14.1. The first-order valence-corrected chi connectivity index (χ1v) is 9.63. The summed E-state index contributed by atoms with van der Waals surface area (Å²) in [5.74, 6) is -0.194. The molecule has 0 saturated carbocycles. The fourth-order valence-corrected chi connectivity index (χ4v) is 3.60. The van der Waals surface area contributed by atoms with Crippen molar-refractivity contribution < 1.29 is 19.1 Å². The third kappa shape index (κ3) is 4.27. The highest BCUT2D eigenvalue weighted by atomic mass is 16.5. The Labute approximate surface area is 168 Å². The van der Waals surface area contributed by atoms with E-state index in [-0.39, 0.29) is 18.2 Å². The SMILES string of the molecule is O=C1CCC(N2Cc3cc(OCCNCc4ccccn4)ccc3C2=O)C(=O)N1. The number of carbonyl (C=O) groups excluding carboxylic acids is 3. The lowest BCUT2D eigenvalue weighted by molar-refractivity contribution is -0.136. The van der Waals surface area contributed by atoms with Gasteiger partial charge in [0.15, 0.2) is 0 Å². The van der Waals surface area contributed by atoms with Crippen LogP contribution < -0.4 is 15.4 Å². The molecule has 8 heteroatoms. The molecule has 4 rings (SSSR count). The van der Waals surface area contributed by atoms with Gasteiger partial charge in [0.2, 0.25) is 11.8 Å². The van der Waals surface area contributed by atoms with Gasteiger partial charge < -0.3 is 15.0 Å². The Balaban J connectivity index is 1.30. The Bertz CT molecular complexity index is 932. The molecule has 0 bridgehead atoms. The highest BCUT2D eigenvalue weighted by Gasteiger charge is 2.39. The highest BCUT2D eigenvalue weighted by Crippen LogP contribution is 2.30. The van der Waals surface area contributed by atoms with Crippen molar-refractivity contribution in [1.29, 1.82) is 0 Å². The summed E-state index contributed by atoms with van der Waals surface area (Å²) in [5, 5.41) is 5.58. The standard InChI is InChI=1S/C21H22N4O4/c26-19-7-6-18(20(27)24-19)25-13-14-11-16(4-5-17(14)21(25)28)29-10-9-22-12-15-3-1-2-8-23-15/h1-5,8,11,18,22H,6-7,9-10,12-13H2,(H,24,26,27). The molecule has 2 aliphatic rings. The molecule has 1 saturated heterocycles.